The first-order valence-electron chi connectivity index (χ1n) is 8.09. The number of aryl methyl sites for hydroxylation is 1. The second-order valence-electron chi connectivity index (χ2n) is 6.84. The van der Waals surface area contributed by atoms with E-state index in [1.165, 1.54) is 24.0 Å². The van der Waals surface area contributed by atoms with Crippen LogP contribution >= 0.6 is 0 Å². The van der Waals surface area contributed by atoms with E-state index in [2.05, 4.69) is 49.1 Å². The van der Waals surface area contributed by atoms with Crippen LogP contribution in [0.2, 0.25) is 0 Å². The molecule has 2 aromatic rings. The summed E-state index contributed by atoms with van der Waals surface area (Å²) in [4.78, 5) is 15.0. The van der Waals surface area contributed by atoms with Gasteiger partial charge < -0.3 is 4.90 Å². The van der Waals surface area contributed by atoms with Crippen molar-refractivity contribution in [2.45, 2.75) is 32.2 Å². The van der Waals surface area contributed by atoms with E-state index in [0.29, 0.717) is 5.92 Å². The summed E-state index contributed by atoms with van der Waals surface area (Å²) in [6, 6.07) is 16.7. The molecule has 1 aliphatic heterocycles. The number of carbonyl (C=O) groups is 1. The van der Waals surface area contributed by atoms with E-state index in [4.69, 9.17) is 0 Å². The van der Waals surface area contributed by atoms with Crippen LogP contribution in [0, 0.1) is 12.8 Å². The minimum Gasteiger partial charge on any atom is -0.325 e. The number of rotatable bonds is 3. The van der Waals surface area contributed by atoms with Gasteiger partial charge in [0.1, 0.15) is 0 Å². The average molecular weight is 291 g/mol. The molecule has 2 aromatic carbocycles. The Morgan fingerprint density at radius 1 is 1.09 bits per heavy atom. The molecular formula is C20H21NO. The summed E-state index contributed by atoms with van der Waals surface area (Å²) in [6.45, 7) is 5.17. The zero-order valence-electron chi connectivity index (χ0n) is 13.2. The van der Waals surface area contributed by atoms with Crippen LogP contribution in [0.1, 0.15) is 46.8 Å². The first kappa shape index (κ1) is 13.6. The minimum atomic E-state index is -0.343. The molecule has 1 atom stereocenters. The first-order valence-corrected chi connectivity index (χ1v) is 8.09. The van der Waals surface area contributed by atoms with Gasteiger partial charge in [-0.1, -0.05) is 48.0 Å². The second kappa shape index (κ2) is 4.70. The van der Waals surface area contributed by atoms with Crippen molar-refractivity contribution in [2.24, 2.45) is 5.92 Å². The normalized spacial score (nSPS) is 23.7. The van der Waals surface area contributed by atoms with E-state index in [9.17, 15) is 4.79 Å². The molecule has 0 aromatic heterocycles. The Labute approximate surface area is 131 Å². The van der Waals surface area contributed by atoms with Gasteiger partial charge in [-0.2, -0.15) is 0 Å². The van der Waals surface area contributed by atoms with Crippen molar-refractivity contribution in [3.05, 3.63) is 70.8 Å². The Bertz CT molecular complexity index is 730. The summed E-state index contributed by atoms with van der Waals surface area (Å²) in [7, 11) is 0. The maximum atomic E-state index is 12.9. The summed E-state index contributed by atoms with van der Waals surface area (Å²) < 4.78 is 0. The average Bonchev–Trinajstić information content (AvgIpc) is 3.33. The van der Waals surface area contributed by atoms with E-state index in [0.717, 1.165) is 17.7 Å². The van der Waals surface area contributed by atoms with Crippen molar-refractivity contribution < 1.29 is 4.79 Å². The topological polar surface area (TPSA) is 20.3 Å². The second-order valence-corrected chi connectivity index (χ2v) is 6.84. The minimum absolute atomic E-state index is 0.186. The number of benzene rings is 2. The third-order valence-electron chi connectivity index (χ3n) is 5.22. The van der Waals surface area contributed by atoms with Gasteiger partial charge in [-0.15, -0.1) is 0 Å². The highest BCUT2D eigenvalue weighted by Gasteiger charge is 2.48. The smallest absolute Gasteiger partial charge is 0.255 e. The van der Waals surface area contributed by atoms with Gasteiger partial charge >= 0.3 is 0 Å². The summed E-state index contributed by atoms with van der Waals surface area (Å²) in [5, 5.41) is 0. The summed E-state index contributed by atoms with van der Waals surface area (Å²) in [5.41, 5.74) is 4.12. The van der Waals surface area contributed by atoms with Gasteiger partial charge in [0.15, 0.2) is 0 Å². The lowest BCUT2D eigenvalue weighted by atomic mass is 9.84. The molecule has 1 fully saturated rings. The lowest BCUT2D eigenvalue weighted by molar-refractivity contribution is 0.0638. The Morgan fingerprint density at radius 3 is 2.45 bits per heavy atom. The predicted octanol–water partition coefficient (Wildman–Crippen LogP) is 4.12. The van der Waals surface area contributed by atoms with E-state index in [1.54, 1.807) is 0 Å². The molecule has 0 spiro atoms. The molecule has 112 valence electrons. The molecule has 0 radical (unpaired) electrons. The number of carbonyl (C=O) groups excluding carboxylic acids is 1. The number of hydrogen-bond acceptors (Lipinski definition) is 1. The Balaban J connectivity index is 1.88. The number of amides is 1. The van der Waals surface area contributed by atoms with Gasteiger partial charge in [0.25, 0.3) is 5.91 Å². The molecule has 1 amide bonds. The van der Waals surface area contributed by atoms with E-state index in [1.807, 2.05) is 18.2 Å². The van der Waals surface area contributed by atoms with Gasteiger partial charge in [-0.3, -0.25) is 4.79 Å². The van der Waals surface area contributed by atoms with Crippen molar-refractivity contribution in [1.29, 1.82) is 0 Å². The molecule has 2 heteroatoms. The zero-order chi connectivity index (χ0) is 15.3. The number of hydrogen-bond donors (Lipinski definition) is 0. The third-order valence-corrected chi connectivity index (χ3v) is 5.22. The van der Waals surface area contributed by atoms with Gasteiger partial charge in [-0.25, -0.2) is 0 Å². The van der Waals surface area contributed by atoms with Crippen molar-refractivity contribution >= 4 is 5.91 Å². The lowest BCUT2D eigenvalue weighted by Gasteiger charge is -2.37. The Hall–Kier alpha value is -2.09. The number of fused-ring (bicyclic) bond motifs is 1. The Kier molecular flexibility index (Phi) is 2.90. The van der Waals surface area contributed by atoms with Crippen LogP contribution in [0.25, 0.3) is 0 Å². The molecule has 0 bridgehead atoms. The maximum absolute atomic E-state index is 12.9. The molecule has 0 N–H and O–H groups in total. The van der Waals surface area contributed by atoms with Crippen molar-refractivity contribution in [1.82, 2.24) is 4.90 Å². The molecule has 1 saturated carbocycles. The van der Waals surface area contributed by atoms with Crippen LogP contribution in [-0.4, -0.2) is 17.4 Å². The lowest BCUT2D eigenvalue weighted by Crippen LogP contribution is -2.43. The van der Waals surface area contributed by atoms with Crippen LogP contribution in [-0.2, 0) is 5.54 Å². The SMILES string of the molecule is Cc1ccc(C2(C)c3ccccc3C(=O)N2CC2CC2)cc1. The van der Waals surface area contributed by atoms with E-state index >= 15 is 0 Å². The number of nitrogens with zero attached hydrogens (tertiary/aromatic N) is 1. The van der Waals surface area contributed by atoms with Crippen LogP contribution in [0.4, 0.5) is 0 Å². The van der Waals surface area contributed by atoms with Crippen LogP contribution in [0.15, 0.2) is 48.5 Å². The largest absolute Gasteiger partial charge is 0.325 e. The molecule has 0 saturated heterocycles. The monoisotopic (exact) mass is 291 g/mol. The van der Waals surface area contributed by atoms with Crippen LogP contribution < -0.4 is 0 Å². The molecule has 1 unspecified atom stereocenters. The molecule has 4 rings (SSSR count). The fraction of sp³-hybridized carbons (Fsp3) is 0.350. The predicted molar refractivity (Wildman–Crippen MR) is 87.8 cm³/mol. The highest BCUT2D eigenvalue weighted by atomic mass is 16.2. The van der Waals surface area contributed by atoms with E-state index < -0.39 is 0 Å². The molecule has 2 nitrogen and oxygen atoms in total. The maximum Gasteiger partial charge on any atom is 0.255 e. The van der Waals surface area contributed by atoms with Gasteiger partial charge in [0, 0.05) is 12.1 Å². The van der Waals surface area contributed by atoms with Crippen LogP contribution in [0.5, 0.6) is 0 Å². The van der Waals surface area contributed by atoms with Crippen molar-refractivity contribution in [2.75, 3.05) is 6.54 Å². The third kappa shape index (κ3) is 1.90. The van der Waals surface area contributed by atoms with Crippen molar-refractivity contribution in [3.8, 4) is 0 Å². The first-order chi connectivity index (χ1) is 10.6. The molecule has 1 heterocycles. The standard InChI is InChI=1S/C20H21NO/c1-14-7-11-16(12-8-14)20(2)18-6-4-3-5-17(18)19(22)21(20)13-15-9-10-15/h3-8,11-12,15H,9-10,13H2,1-2H3. The zero-order valence-corrected chi connectivity index (χ0v) is 13.2. The van der Waals surface area contributed by atoms with Gasteiger partial charge in [0.05, 0.1) is 5.54 Å². The van der Waals surface area contributed by atoms with E-state index in [-0.39, 0.29) is 11.4 Å². The fourth-order valence-corrected chi connectivity index (χ4v) is 3.60. The molecule has 2 aliphatic rings. The van der Waals surface area contributed by atoms with Crippen LogP contribution in [0.3, 0.4) is 0 Å². The van der Waals surface area contributed by atoms with Crippen molar-refractivity contribution in [3.63, 3.8) is 0 Å². The molecule has 1 aliphatic carbocycles. The summed E-state index contributed by atoms with van der Waals surface area (Å²) in [5.74, 6) is 0.869. The highest BCUT2D eigenvalue weighted by Crippen LogP contribution is 2.46. The quantitative estimate of drug-likeness (QED) is 0.833. The fourth-order valence-electron chi connectivity index (χ4n) is 3.60. The summed E-state index contributed by atoms with van der Waals surface area (Å²) >= 11 is 0. The Morgan fingerprint density at radius 2 is 1.77 bits per heavy atom. The molecule has 22 heavy (non-hydrogen) atoms. The molecular weight excluding hydrogens is 270 g/mol. The van der Waals surface area contributed by atoms with Gasteiger partial charge in [0.2, 0.25) is 0 Å². The summed E-state index contributed by atoms with van der Waals surface area (Å²) in [6.07, 6.45) is 2.51. The highest BCUT2D eigenvalue weighted by molar-refractivity contribution is 6.00. The van der Waals surface area contributed by atoms with Gasteiger partial charge in [-0.05, 0) is 49.8 Å².